The summed E-state index contributed by atoms with van der Waals surface area (Å²) in [5, 5.41) is 11.8. The number of hydrogen-bond donors (Lipinski definition) is 2. The predicted octanol–water partition coefficient (Wildman–Crippen LogP) is 3.75. The van der Waals surface area contributed by atoms with E-state index in [2.05, 4.69) is 6.07 Å². The number of rotatable bonds is 1. The number of phenols is 1. The van der Waals surface area contributed by atoms with Crippen molar-refractivity contribution in [2.45, 2.75) is 6.92 Å². The Morgan fingerprint density at radius 3 is 2.73 bits per heavy atom. The van der Waals surface area contributed by atoms with Crippen LogP contribution in [0.25, 0.3) is 27.7 Å². The Bertz CT molecular complexity index is 1020. The van der Waals surface area contributed by atoms with Crippen molar-refractivity contribution in [3.63, 3.8) is 0 Å². The number of phenolic OH excluding ortho intramolecular Hbond substituents is 1. The molecule has 2 heterocycles. The van der Waals surface area contributed by atoms with E-state index in [9.17, 15) is 5.11 Å². The van der Waals surface area contributed by atoms with Gasteiger partial charge >= 0.3 is 0 Å². The average Bonchev–Trinajstić information content (AvgIpc) is 2.85. The largest absolute Gasteiger partial charge is 0.508 e. The van der Waals surface area contributed by atoms with E-state index in [1.807, 2.05) is 47.9 Å². The van der Waals surface area contributed by atoms with Crippen molar-refractivity contribution in [1.29, 1.82) is 0 Å². The minimum Gasteiger partial charge on any atom is -0.508 e. The Kier molecular flexibility index (Phi) is 2.60. The summed E-state index contributed by atoms with van der Waals surface area (Å²) in [4.78, 5) is 4.76. The van der Waals surface area contributed by atoms with E-state index in [0.717, 1.165) is 33.2 Å². The van der Waals surface area contributed by atoms with Crippen LogP contribution < -0.4 is 5.73 Å². The van der Waals surface area contributed by atoms with Gasteiger partial charge in [0.15, 0.2) is 0 Å². The SMILES string of the molecule is Cc1cc(O)ccc1-c1nc2c3ccccc3ccn2c1N. The van der Waals surface area contributed by atoms with Gasteiger partial charge in [0.25, 0.3) is 0 Å². The third kappa shape index (κ3) is 1.74. The molecule has 2 aromatic carbocycles. The maximum absolute atomic E-state index is 9.58. The molecule has 0 bridgehead atoms. The van der Waals surface area contributed by atoms with Gasteiger partial charge in [0.2, 0.25) is 0 Å². The zero-order valence-corrected chi connectivity index (χ0v) is 12.1. The van der Waals surface area contributed by atoms with E-state index >= 15 is 0 Å². The quantitative estimate of drug-likeness (QED) is 0.561. The predicted molar refractivity (Wildman–Crippen MR) is 88.9 cm³/mol. The molecule has 0 aliphatic rings. The summed E-state index contributed by atoms with van der Waals surface area (Å²) in [5.41, 5.74) is 9.77. The van der Waals surface area contributed by atoms with Crippen LogP contribution in [0.2, 0.25) is 0 Å². The molecule has 0 amide bonds. The summed E-state index contributed by atoms with van der Waals surface area (Å²) in [6, 6.07) is 15.4. The van der Waals surface area contributed by atoms with Crippen LogP contribution in [0.3, 0.4) is 0 Å². The number of nitrogens with zero attached hydrogens (tertiary/aromatic N) is 2. The Hall–Kier alpha value is -3.01. The second-order valence-electron chi connectivity index (χ2n) is 5.44. The zero-order valence-electron chi connectivity index (χ0n) is 12.1. The molecule has 2 aromatic heterocycles. The molecular weight excluding hydrogens is 274 g/mol. The number of nitrogens with two attached hydrogens (primary N) is 1. The van der Waals surface area contributed by atoms with E-state index in [1.165, 1.54) is 0 Å². The van der Waals surface area contributed by atoms with Crippen molar-refractivity contribution in [3.8, 4) is 17.0 Å². The molecule has 4 aromatic rings. The van der Waals surface area contributed by atoms with E-state index < -0.39 is 0 Å². The van der Waals surface area contributed by atoms with Crippen molar-refractivity contribution in [1.82, 2.24) is 9.38 Å². The fraction of sp³-hybridized carbons (Fsp3) is 0.0556. The lowest BCUT2D eigenvalue weighted by atomic mass is 10.1. The average molecular weight is 289 g/mol. The smallest absolute Gasteiger partial charge is 0.147 e. The molecule has 3 N–H and O–H groups in total. The topological polar surface area (TPSA) is 63.5 Å². The van der Waals surface area contributed by atoms with E-state index in [1.54, 1.807) is 12.1 Å². The van der Waals surface area contributed by atoms with Gasteiger partial charge in [-0.2, -0.15) is 0 Å². The van der Waals surface area contributed by atoms with Crippen LogP contribution in [-0.4, -0.2) is 14.5 Å². The minimum atomic E-state index is 0.244. The summed E-state index contributed by atoms with van der Waals surface area (Å²) < 4.78 is 1.91. The second kappa shape index (κ2) is 4.49. The van der Waals surface area contributed by atoms with Crippen LogP contribution in [0.5, 0.6) is 5.75 Å². The standard InChI is InChI=1S/C18H15N3O/c1-11-10-13(22)6-7-14(11)16-17(19)21-9-8-12-4-2-3-5-15(12)18(21)20-16/h2-10,22H,19H2,1H3. The number of aromatic hydroxyl groups is 1. The van der Waals surface area contributed by atoms with Crippen LogP contribution in [0, 0.1) is 6.92 Å². The molecule has 0 atom stereocenters. The summed E-state index contributed by atoms with van der Waals surface area (Å²) in [6.45, 7) is 1.94. The number of anilines is 1. The molecule has 4 rings (SSSR count). The Balaban J connectivity index is 2.07. The van der Waals surface area contributed by atoms with Gasteiger partial charge < -0.3 is 10.8 Å². The lowest BCUT2D eigenvalue weighted by molar-refractivity contribution is 0.475. The highest BCUT2D eigenvalue weighted by molar-refractivity contribution is 5.96. The lowest BCUT2D eigenvalue weighted by Crippen LogP contribution is -1.94. The molecule has 0 spiro atoms. The zero-order chi connectivity index (χ0) is 15.3. The lowest BCUT2D eigenvalue weighted by Gasteiger charge is -2.04. The van der Waals surface area contributed by atoms with Gasteiger partial charge in [-0.1, -0.05) is 24.3 Å². The Labute approximate surface area is 127 Å². The highest BCUT2D eigenvalue weighted by Crippen LogP contribution is 2.32. The van der Waals surface area contributed by atoms with Gasteiger partial charge in [-0.3, -0.25) is 4.40 Å². The number of aryl methyl sites for hydroxylation is 1. The number of benzene rings is 2. The molecule has 0 unspecified atom stereocenters. The number of nitrogen functional groups attached to an aromatic ring is 1. The highest BCUT2D eigenvalue weighted by atomic mass is 16.3. The number of pyridine rings is 1. The summed E-state index contributed by atoms with van der Waals surface area (Å²) in [7, 11) is 0. The molecule has 4 heteroatoms. The molecule has 4 nitrogen and oxygen atoms in total. The molecule has 0 radical (unpaired) electrons. The molecular formula is C18H15N3O. The molecule has 0 aliphatic heterocycles. The van der Waals surface area contributed by atoms with Gasteiger partial charge in [-0.15, -0.1) is 0 Å². The van der Waals surface area contributed by atoms with Crippen LogP contribution in [0.15, 0.2) is 54.7 Å². The second-order valence-corrected chi connectivity index (χ2v) is 5.44. The molecule has 108 valence electrons. The van der Waals surface area contributed by atoms with Crippen molar-refractivity contribution < 1.29 is 5.11 Å². The van der Waals surface area contributed by atoms with Gasteiger partial charge in [0.05, 0.1) is 0 Å². The van der Waals surface area contributed by atoms with Crippen LogP contribution in [0.1, 0.15) is 5.56 Å². The molecule has 0 saturated carbocycles. The van der Waals surface area contributed by atoms with Crippen LogP contribution >= 0.6 is 0 Å². The van der Waals surface area contributed by atoms with Gasteiger partial charge in [0.1, 0.15) is 22.9 Å². The number of aromatic nitrogens is 2. The van der Waals surface area contributed by atoms with Crippen molar-refractivity contribution in [2.75, 3.05) is 5.73 Å². The first-order chi connectivity index (χ1) is 10.6. The maximum Gasteiger partial charge on any atom is 0.147 e. The number of hydrogen-bond acceptors (Lipinski definition) is 3. The Morgan fingerprint density at radius 2 is 1.91 bits per heavy atom. The van der Waals surface area contributed by atoms with E-state index in [-0.39, 0.29) is 5.75 Å². The van der Waals surface area contributed by atoms with Crippen LogP contribution in [0.4, 0.5) is 5.82 Å². The van der Waals surface area contributed by atoms with Crippen molar-refractivity contribution in [2.24, 2.45) is 0 Å². The monoisotopic (exact) mass is 289 g/mol. The first kappa shape index (κ1) is 12.7. The van der Waals surface area contributed by atoms with Crippen molar-refractivity contribution >= 4 is 22.2 Å². The normalized spacial score (nSPS) is 11.3. The van der Waals surface area contributed by atoms with Gasteiger partial charge in [-0.05, 0) is 42.1 Å². The van der Waals surface area contributed by atoms with E-state index in [0.29, 0.717) is 5.82 Å². The maximum atomic E-state index is 9.58. The van der Waals surface area contributed by atoms with Gasteiger partial charge in [-0.25, -0.2) is 4.98 Å². The van der Waals surface area contributed by atoms with Crippen LogP contribution in [-0.2, 0) is 0 Å². The molecule has 22 heavy (non-hydrogen) atoms. The molecule has 0 aliphatic carbocycles. The van der Waals surface area contributed by atoms with Gasteiger partial charge in [0, 0.05) is 17.1 Å². The number of fused-ring (bicyclic) bond motifs is 3. The first-order valence-corrected chi connectivity index (χ1v) is 7.10. The fourth-order valence-electron chi connectivity index (χ4n) is 2.90. The molecule has 0 saturated heterocycles. The third-order valence-electron chi connectivity index (χ3n) is 4.02. The minimum absolute atomic E-state index is 0.244. The fourth-order valence-corrected chi connectivity index (χ4v) is 2.90. The van der Waals surface area contributed by atoms with E-state index in [4.69, 9.17) is 10.7 Å². The first-order valence-electron chi connectivity index (χ1n) is 7.10. The summed E-state index contributed by atoms with van der Waals surface area (Å²) in [6.07, 6.45) is 1.94. The summed E-state index contributed by atoms with van der Waals surface area (Å²) in [5.74, 6) is 0.851. The molecule has 0 fully saturated rings. The third-order valence-corrected chi connectivity index (χ3v) is 4.02. The van der Waals surface area contributed by atoms with Crippen molar-refractivity contribution in [3.05, 3.63) is 60.3 Å². The number of imidazole rings is 1. The highest BCUT2D eigenvalue weighted by Gasteiger charge is 2.15. The Morgan fingerprint density at radius 1 is 1.09 bits per heavy atom. The summed E-state index contributed by atoms with van der Waals surface area (Å²) >= 11 is 0.